The van der Waals surface area contributed by atoms with Crippen LogP contribution in [0.15, 0.2) is 42.9 Å². The summed E-state index contributed by atoms with van der Waals surface area (Å²) in [6.45, 7) is 5.30. The lowest BCUT2D eigenvalue weighted by Crippen LogP contribution is -2.39. The van der Waals surface area contributed by atoms with Gasteiger partial charge in [0.05, 0.1) is 11.7 Å². The van der Waals surface area contributed by atoms with Crippen LogP contribution in [0.25, 0.3) is 11.1 Å². The standard InChI is InChI=1S/C22H24FN7O2/c1-12-8-17(27-10-16(12)15-4-6-25-19(24)9-15)14(3)28-21-26-7-5-20(29-21)30-18(13(2)23)11-32-22(30)31/h4-10,13-14,18H,11H2,1-3H3,(H2,24,25)(H,26,28,29)/t13-,14-,18+/m0/s1. The number of rotatable bonds is 6. The Kier molecular flexibility index (Phi) is 5.85. The molecule has 0 radical (unpaired) electrons. The summed E-state index contributed by atoms with van der Waals surface area (Å²) in [7, 11) is 0. The van der Waals surface area contributed by atoms with E-state index in [4.69, 9.17) is 10.5 Å². The van der Waals surface area contributed by atoms with Gasteiger partial charge in [0.2, 0.25) is 5.95 Å². The van der Waals surface area contributed by atoms with Crippen LogP contribution in [0.3, 0.4) is 0 Å². The fourth-order valence-electron chi connectivity index (χ4n) is 3.59. The summed E-state index contributed by atoms with van der Waals surface area (Å²) >= 11 is 0. The first-order chi connectivity index (χ1) is 15.3. The maximum absolute atomic E-state index is 13.9. The molecule has 1 saturated heterocycles. The highest BCUT2D eigenvalue weighted by atomic mass is 19.1. The predicted octanol–water partition coefficient (Wildman–Crippen LogP) is 3.68. The molecule has 0 unspecified atom stereocenters. The van der Waals surface area contributed by atoms with Gasteiger partial charge in [0, 0.05) is 24.2 Å². The molecule has 0 spiro atoms. The Balaban J connectivity index is 1.53. The van der Waals surface area contributed by atoms with Gasteiger partial charge in [0.1, 0.15) is 30.5 Å². The topological polar surface area (TPSA) is 119 Å². The highest BCUT2D eigenvalue weighted by Gasteiger charge is 2.39. The number of nitrogens with one attached hydrogen (secondary N) is 1. The molecule has 1 amide bonds. The van der Waals surface area contributed by atoms with Crippen LogP contribution in [0, 0.1) is 6.92 Å². The molecule has 0 aromatic carbocycles. The number of pyridine rings is 2. The van der Waals surface area contributed by atoms with E-state index in [9.17, 15) is 9.18 Å². The monoisotopic (exact) mass is 437 g/mol. The number of nitrogens with two attached hydrogens (primary N) is 1. The van der Waals surface area contributed by atoms with Crippen molar-refractivity contribution in [3.63, 3.8) is 0 Å². The SMILES string of the molecule is Cc1cc([C@H](C)Nc2nccc(N3C(=O)OC[C@@H]3[C@H](C)F)n2)ncc1-c1ccnc(N)c1. The quantitative estimate of drug-likeness (QED) is 0.599. The molecule has 3 aromatic rings. The molecular weight excluding hydrogens is 413 g/mol. The summed E-state index contributed by atoms with van der Waals surface area (Å²) in [4.78, 5) is 30.5. The molecule has 1 fully saturated rings. The number of halogens is 1. The van der Waals surface area contributed by atoms with Gasteiger partial charge in [-0.1, -0.05) is 0 Å². The zero-order chi connectivity index (χ0) is 22.8. The number of hydrogen-bond donors (Lipinski definition) is 2. The first kappa shape index (κ1) is 21.4. The maximum Gasteiger partial charge on any atom is 0.416 e. The molecular formula is C22H24FN7O2. The molecule has 9 nitrogen and oxygen atoms in total. The van der Waals surface area contributed by atoms with Gasteiger partial charge in [-0.05, 0) is 56.2 Å². The molecule has 166 valence electrons. The maximum atomic E-state index is 13.9. The van der Waals surface area contributed by atoms with Crippen molar-refractivity contribution in [1.82, 2.24) is 19.9 Å². The summed E-state index contributed by atoms with van der Waals surface area (Å²) in [5, 5.41) is 3.19. The van der Waals surface area contributed by atoms with Gasteiger partial charge in [-0.2, -0.15) is 4.98 Å². The van der Waals surface area contributed by atoms with Gasteiger partial charge >= 0.3 is 6.09 Å². The lowest BCUT2D eigenvalue weighted by atomic mass is 10.0. The van der Waals surface area contributed by atoms with Crippen LogP contribution >= 0.6 is 0 Å². The van der Waals surface area contributed by atoms with Crippen LogP contribution in [0.5, 0.6) is 0 Å². The van der Waals surface area contributed by atoms with E-state index in [-0.39, 0.29) is 18.5 Å². The molecule has 3 atom stereocenters. The summed E-state index contributed by atoms with van der Waals surface area (Å²) < 4.78 is 18.9. The van der Waals surface area contributed by atoms with Crippen molar-refractivity contribution in [3.8, 4) is 11.1 Å². The molecule has 1 aliphatic heterocycles. The first-order valence-electron chi connectivity index (χ1n) is 10.2. The molecule has 1 aliphatic rings. The minimum Gasteiger partial charge on any atom is -0.447 e. The van der Waals surface area contributed by atoms with Gasteiger partial charge in [0.15, 0.2) is 0 Å². The second-order valence-electron chi connectivity index (χ2n) is 7.69. The number of ether oxygens (including phenoxy) is 1. The zero-order valence-electron chi connectivity index (χ0n) is 18.0. The van der Waals surface area contributed by atoms with Crippen LogP contribution in [0.1, 0.15) is 31.1 Å². The van der Waals surface area contributed by atoms with Crippen LogP contribution in [0.4, 0.5) is 26.8 Å². The summed E-state index contributed by atoms with van der Waals surface area (Å²) in [5.74, 6) is 1.02. The highest BCUT2D eigenvalue weighted by Crippen LogP contribution is 2.28. The Hall–Kier alpha value is -3.82. The van der Waals surface area contributed by atoms with Crippen molar-refractivity contribution < 1.29 is 13.9 Å². The Morgan fingerprint density at radius 1 is 1.22 bits per heavy atom. The number of aryl methyl sites for hydroxylation is 1. The molecule has 0 saturated carbocycles. The van der Waals surface area contributed by atoms with Crippen molar-refractivity contribution in [3.05, 3.63) is 54.1 Å². The summed E-state index contributed by atoms with van der Waals surface area (Å²) in [6, 6.07) is 6.28. The lowest BCUT2D eigenvalue weighted by molar-refractivity contribution is 0.174. The lowest BCUT2D eigenvalue weighted by Gasteiger charge is -2.22. The third kappa shape index (κ3) is 4.29. The van der Waals surface area contributed by atoms with Crippen molar-refractivity contribution in [1.29, 1.82) is 0 Å². The predicted molar refractivity (Wildman–Crippen MR) is 119 cm³/mol. The van der Waals surface area contributed by atoms with E-state index in [1.54, 1.807) is 24.5 Å². The van der Waals surface area contributed by atoms with Crippen LogP contribution < -0.4 is 16.0 Å². The Morgan fingerprint density at radius 3 is 2.72 bits per heavy atom. The van der Waals surface area contributed by atoms with Gasteiger partial charge in [-0.3, -0.25) is 9.88 Å². The van der Waals surface area contributed by atoms with Crippen LogP contribution in [-0.4, -0.2) is 44.8 Å². The number of aromatic nitrogens is 4. The number of carbonyl (C=O) groups excluding carboxylic acids is 1. The summed E-state index contributed by atoms with van der Waals surface area (Å²) in [5.41, 5.74) is 9.52. The number of hydrogen-bond acceptors (Lipinski definition) is 8. The van der Waals surface area contributed by atoms with E-state index in [1.807, 2.05) is 26.0 Å². The average Bonchev–Trinajstić information content (AvgIpc) is 3.15. The minimum atomic E-state index is -1.26. The largest absolute Gasteiger partial charge is 0.447 e. The van der Waals surface area contributed by atoms with Crippen molar-refractivity contribution in [2.24, 2.45) is 0 Å². The van der Waals surface area contributed by atoms with Crippen LogP contribution in [0.2, 0.25) is 0 Å². The van der Waals surface area contributed by atoms with Gasteiger partial charge in [-0.25, -0.2) is 19.2 Å². The number of cyclic esters (lactones) is 1. The second-order valence-corrected chi connectivity index (χ2v) is 7.69. The summed E-state index contributed by atoms with van der Waals surface area (Å²) in [6.07, 6.45) is 3.09. The number of anilines is 3. The number of nitrogens with zero attached hydrogens (tertiary/aromatic N) is 5. The molecule has 0 aliphatic carbocycles. The van der Waals surface area contributed by atoms with Crippen molar-refractivity contribution in [2.45, 2.75) is 39.0 Å². The minimum absolute atomic E-state index is 0.0155. The van der Waals surface area contributed by atoms with Crippen molar-refractivity contribution in [2.75, 3.05) is 22.6 Å². The molecule has 4 heterocycles. The van der Waals surface area contributed by atoms with E-state index in [0.717, 1.165) is 22.4 Å². The molecule has 4 rings (SSSR count). The van der Waals surface area contributed by atoms with E-state index in [1.165, 1.54) is 18.0 Å². The normalized spacial score (nSPS) is 17.7. The van der Waals surface area contributed by atoms with Gasteiger partial charge in [-0.15, -0.1) is 0 Å². The van der Waals surface area contributed by atoms with Crippen LogP contribution in [-0.2, 0) is 4.74 Å². The molecule has 32 heavy (non-hydrogen) atoms. The Morgan fingerprint density at radius 2 is 2.00 bits per heavy atom. The zero-order valence-corrected chi connectivity index (χ0v) is 18.0. The molecule has 3 aromatic heterocycles. The van der Waals surface area contributed by atoms with E-state index >= 15 is 0 Å². The third-order valence-electron chi connectivity index (χ3n) is 5.34. The fraction of sp³-hybridized carbons (Fsp3) is 0.318. The fourth-order valence-corrected chi connectivity index (χ4v) is 3.59. The van der Waals surface area contributed by atoms with E-state index in [2.05, 4.69) is 25.3 Å². The van der Waals surface area contributed by atoms with Gasteiger partial charge < -0.3 is 15.8 Å². The third-order valence-corrected chi connectivity index (χ3v) is 5.34. The highest BCUT2D eigenvalue weighted by molar-refractivity contribution is 5.89. The van der Waals surface area contributed by atoms with E-state index in [0.29, 0.717) is 11.8 Å². The van der Waals surface area contributed by atoms with E-state index < -0.39 is 18.3 Å². The number of alkyl halides is 1. The molecule has 0 bridgehead atoms. The Bertz CT molecular complexity index is 1140. The second kappa shape index (κ2) is 8.74. The average molecular weight is 437 g/mol. The van der Waals surface area contributed by atoms with Crippen molar-refractivity contribution >= 4 is 23.7 Å². The molecule has 10 heteroatoms. The number of carbonyl (C=O) groups is 1. The number of amides is 1. The smallest absolute Gasteiger partial charge is 0.416 e. The van der Waals surface area contributed by atoms with Gasteiger partial charge in [0.25, 0.3) is 0 Å². The first-order valence-corrected chi connectivity index (χ1v) is 10.2. The Labute approximate surface area is 184 Å². The number of nitrogen functional groups attached to an aromatic ring is 1. The molecule has 3 N–H and O–H groups in total.